The molecular formula is C12H17NO2. The van der Waals surface area contributed by atoms with E-state index in [-0.39, 0.29) is 11.5 Å². The maximum Gasteiger partial charge on any atom is 0.157 e. The third-order valence-electron chi connectivity index (χ3n) is 2.89. The molecule has 15 heavy (non-hydrogen) atoms. The number of phenolic OH excluding ortho intramolecular Hbond substituents is 2. The smallest absolute Gasteiger partial charge is 0.157 e. The Morgan fingerprint density at radius 2 is 1.73 bits per heavy atom. The molecule has 0 atom stereocenters. The Labute approximate surface area is 90.0 Å². The molecule has 0 spiro atoms. The molecule has 2 N–H and O–H groups in total. The summed E-state index contributed by atoms with van der Waals surface area (Å²) in [6, 6.07) is 5.06. The van der Waals surface area contributed by atoms with Crippen LogP contribution >= 0.6 is 0 Å². The lowest BCUT2D eigenvalue weighted by atomic mass is 10.1. The van der Waals surface area contributed by atoms with Crippen LogP contribution in [0.2, 0.25) is 0 Å². The van der Waals surface area contributed by atoms with Crippen molar-refractivity contribution in [1.82, 2.24) is 4.90 Å². The van der Waals surface area contributed by atoms with Gasteiger partial charge in [-0.05, 0) is 43.6 Å². The fourth-order valence-corrected chi connectivity index (χ4v) is 2.04. The second-order valence-electron chi connectivity index (χ2n) is 4.16. The molecular weight excluding hydrogens is 190 g/mol. The Morgan fingerprint density at radius 3 is 2.40 bits per heavy atom. The van der Waals surface area contributed by atoms with Gasteiger partial charge in [0.2, 0.25) is 0 Å². The highest BCUT2D eigenvalue weighted by Crippen LogP contribution is 2.25. The first-order valence-corrected chi connectivity index (χ1v) is 5.49. The molecule has 3 nitrogen and oxygen atoms in total. The van der Waals surface area contributed by atoms with Crippen molar-refractivity contribution >= 4 is 0 Å². The average molecular weight is 207 g/mol. The summed E-state index contributed by atoms with van der Waals surface area (Å²) < 4.78 is 0. The molecule has 1 aromatic carbocycles. The van der Waals surface area contributed by atoms with Crippen molar-refractivity contribution in [2.45, 2.75) is 25.8 Å². The number of hydrogen-bond acceptors (Lipinski definition) is 3. The highest BCUT2D eigenvalue weighted by Gasteiger charge is 2.11. The molecule has 1 saturated heterocycles. The Kier molecular flexibility index (Phi) is 3.11. The first kappa shape index (κ1) is 10.3. The molecule has 0 aliphatic carbocycles. The summed E-state index contributed by atoms with van der Waals surface area (Å²) in [6.45, 7) is 3.15. The second kappa shape index (κ2) is 4.53. The van der Waals surface area contributed by atoms with Gasteiger partial charge < -0.3 is 10.2 Å². The number of piperidine rings is 1. The average Bonchev–Trinajstić information content (AvgIpc) is 2.25. The van der Waals surface area contributed by atoms with Crippen LogP contribution in [0.5, 0.6) is 11.5 Å². The van der Waals surface area contributed by atoms with Crippen molar-refractivity contribution < 1.29 is 10.2 Å². The summed E-state index contributed by atoms with van der Waals surface area (Å²) in [5, 5.41) is 18.5. The Hall–Kier alpha value is -1.22. The van der Waals surface area contributed by atoms with Crippen molar-refractivity contribution in [3.63, 3.8) is 0 Å². The van der Waals surface area contributed by atoms with E-state index in [1.165, 1.54) is 19.3 Å². The fraction of sp³-hybridized carbons (Fsp3) is 0.500. The van der Waals surface area contributed by atoms with Crippen molar-refractivity contribution in [2.75, 3.05) is 13.1 Å². The summed E-state index contributed by atoms with van der Waals surface area (Å²) in [5.41, 5.74) is 1.06. The molecule has 0 bridgehead atoms. The molecule has 1 aromatic rings. The van der Waals surface area contributed by atoms with E-state index in [9.17, 15) is 10.2 Å². The molecule has 1 aliphatic rings. The summed E-state index contributed by atoms with van der Waals surface area (Å²) in [7, 11) is 0. The van der Waals surface area contributed by atoms with Crippen molar-refractivity contribution in [2.24, 2.45) is 0 Å². The maximum absolute atomic E-state index is 9.36. The van der Waals surface area contributed by atoms with Crippen LogP contribution in [-0.4, -0.2) is 28.2 Å². The van der Waals surface area contributed by atoms with Gasteiger partial charge in [0.1, 0.15) is 0 Å². The lowest BCUT2D eigenvalue weighted by Gasteiger charge is -2.26. The van der Waals surface area contributed by atoms with Gasteiger partial charge in [0.15, 0.2) is 11.5 Å². The molecule has 0 saturated carbocycles. The van der Waals surface area contributed by atoms with E-state index >= 15 is 0 Å². The van der Waals surface area contributed by atoms with E-state index in [1.54, 1.807) is 12.1 Å². The van der Waals surface area contributed by atoms with Gasteiger partial charge >= 0.3 is 0 Å². The topological polar surface area (TPSA) is 43.7 Å². The normalized spacial score (nSPS) is 17.9. The fourth-order valence-electron chi connectivity index (χ4n) is 2.04. The van der Waals surface area contributed by atoms with Gasteiger partial charge in [-0.1, -0.05) is 12.5 Å². The van der Waals surface area contributed by atoms with E-state index in [2.05, 4.69) is 4.90 Å². The van der Waals surface area contributed by atoms with Crippen LogP contribution in [0, 0.1) is 0 Å². The number of hydrogen-bond donors (Lipinski definition) is 2. The van der Waals surface area contributed by atoms with E-state index in [4.69, 9.17) is 0 Å². The van der Waals surface area contributed by atoms with Gasteiger partial charge in [-0.15, -0.1) is 0 Å². The van der Waals surface area contributed by atoms with Crippen LogP contribution in [0.15, 0.2) is 18.2 Å². The monoisotopic (exact) mass is 207 g/mol. The SMILES string of the molecule is Oc1ccc(CN2CCCCC2)cc1O. The van der Waals surface area contributed by atoms with Crippen LogP contribution < -0.4 is 0 Å². The third-order valence-corrected chi connectivity index (χ3v) is 2.89. The van der Waals surface area contributed by atoms with E-state index in [1.807, 2.05) is 6.07 Å². The zero-order chi connectivity index (χ0) is 10.7. The quantitative estimate of drug-likeness (QED) is 0.730. The van der Waals surface area contributed by atoms with E-state index in [0.717, 1.165) is 25.2 Å². The summed E-state index contributed by atoms with van der Waals surface area (Å²) in [4.78, 5) is 2.38. The Morgan fingerprint density at radius 1 is 1.00 bits per heavy atom. The molecule has 2 rings (SSSR count). The molecule has 0 amide bonds. The lowest BCUT2D eigenvalue weighted by Crippen LogP contribution is -2.28. The van der Waals surface area contributed by atoms with E-state index in [0.29, 0.717) is 0 Å². The minimum Gasteiger partial charge on any atom is -0.504 e. The number of phenols is 2. The first-order valence-electron chi connectivity index (χ1n) is 5.49. The van der Waals surface area contributed by atoms with Gasteiger partial charge in [0, 0.05) is 6.54 Å². The number of rotatable bonds is 2. The van der Waals surface area contributed by atoms with Crippen LogP contribution in [0.4, 0.5) is 0 Å². The summed E-state index contributed by atoms with van der Waals surface area (Å²) in [5.74, 6) is -0.0677. The van der Waals surface area contributed by atoms with Gasteiger partial charge in [0.05, 0.1) is 0 Å². The molecule has 0 radical (unpaired) electrons. The minimum atomic E-state index is -0.0441. The summed E-state index contributed by atoms with van der Waals surface area (Å²) in [6.07, 6.45) is 3.87. The van der Waals surface area contributed by atoms with Crippen molar-refractivity contribution in [3.05, 3.63) is 23.8 Å². The lowest BCUT2D eigenvalue weighted by molar-refractivity contribution is 0.220. The Balaban J connectivity index is 2.00. The third kappa shape index (κ3) is 2.63. The predicted molar refractivity (Wildman–Crippen MR) is 58.9 cm³/mol. The van der Waals surface area contributed by atoms with Gasteiger partial charge in [-0.25, -0.2) is 0 Å². The molecule has 3 heteroatoms. The van der Waals surface area contributed by atoms with Gasteiger partial charge in [-0.2, -0.15) is 0 Å². The summed E-state index contributed by atoms with van der Waals surface area (Å²) >= 11 is 0. The highest BCUT2D eigenvalue weighted by molar-refractivity contribution is 5.40. The molecule has 1 aliphatic heterocycles. The second-order valence-corrected chi connectivity index (χ2v) is 4.16. The molecule has 0 aromatic heterocycles. The van der Waals surface area contributed by atoms with Crippen molar-refractivity contribution in [1.29, 1.82) is 0 Å². The maximum atomic E-state index is 9.36. The number of benzene rings is 1. The standard InChI is InChI=1S/C12H17NO2/c14-11-5-4-10(8-12(11)15)9-13-6-2-1-3-7-13/h4-5,8,14-15H,1-3,6-7,9H2. The predicted octanol–water partition coefficient (Wildman–Crippen LogP) is 2.08. The van der Waals surface area contributed by atoms with Gasteiger partial charge in [-0.3, -0.25) is 4.90 Å². The molecule has 1 fully saturated rings. The largest absolute Gasteiger partial charge is 0.504 e. The van der Waals surface area contributed by atoms with Crippen LogP contribution in [0.3, 0.4) is 0 Å². The minimum absolute atomic E-state index is 0.0236. The Bertz CT molecular complexity index is 332. The van der Waals surface area contributed by atoms with Crippen molar-refractivity contribution in [3.8, 4) is 11.5 Å². The number of likely N-dealkylation sites (tertiary alicyclic amines) is 1. The first-order chi connectivity index (χ1) is 7.25. The van der Waals surface area contributed by atoms with E-state index < -0.39 is 0 Å². The molecule has 0 unspecified atom stereocenters. The van der Waals surface area contributed by atoms with Crippen LogP contribution in [-0.2, 0) is 6.54 Å². The van der Waals surface area contributed by atoms with Gasteiger partial charge in [0.25, 0.3) is 0 Å². The van der Waals surface area contributed by atoms with Crippen LogP contribution in [0.25, 0.3) is 0 Å². The number of nitrogens with zero attached hydrogens (tertiary/aromatic N) is 1. The zero-order valence-electron chi connectivity index (χ0n) is 8.82. The molecule has 1 heterocycles. The van der Waals surface area contributed by atoms with Crippen LogP contribution in [0.1, 0.15) is 24.8 Å². The number of aromatic hydroxyl groups is 2. The highest BCUT2D eigenvalue weighted by atomic mass is 16.3. The molecule has 82 valence electrons. The zero-order valence-corrected chi connectivity index (χ0v) is 8.82.